The molecule has 1 aromatic heterocycles. The van der Waals surface area contributed by atoms with Gasteiger partial charge in [-0.1, -0.05) is 25.4 Å². The van der Waals surface area contributed by atoms with Gasteiger partial charge in [-0.05, 0) is 24.3 Å². The highest BCUT2D eigenvalue weighted by Crippen LogP contribution is 2.31. The molecule has 0 bridgehead atoms. The Hall–Kier alpha value is -2.35. The van der Waals surface area contributed by atoms with Crippen LogP contribution in [0.4, 0.5) is 28.9 Å². The summed E-state index contributed by atoms with van der Waals surface area (Å²) in [5, 5.41) is 1.77. The number of hydrogen-bond donors (Lipinski definition) is 2. The fourth-order valence-corrected chi connectivity index (χ4v) is 1.78. The molecule has 4 nitrogen and oxygen atoms in total. The summed E-state index contributed by atoms with van der Waals surface area (Å²) in [5.41, 5.74) is 3.88. The summed E-state index contributed by atoms with van der Waals surface area (Å²) in [7, 11) is 0. The first-order chi connectivity index (χ1) is 11.2. The Morgan fingerprint density at radius 2 is 1.88 bits per heavy atom. The van der Waals surface area contributed by atoms with Crippen LogP contribution >= 0.6 is 11.6 Å². The molecule has 0 saturated carbocycles. The smallest absolute Gasteiger partial charge is 0.397 e. The predicted octanol–water partition coefficient (Wildman–Crippen LogP) is 4.75. The summed E-state index contributed by atoms with van der Waals surface area (Å²) >= 11 is 5.63. The largest absolute Gasteiger partial charge is 0.417 e. The number of nitrogen functional groups attached to an aromatic ring is 1. The second kappa shape index (κ2) is 7.96. The van der Waals surface area contributed by atoms with Crippen LogP contribution in [0, 0.1) is 5.82 Å². The van der Waals surface area contributed by atoms with Gasteiger partial charge < -0.3 is 11.1 Å². The molecule has 0 unspecified atom stereocenters. The van der Waals surface area contributed by atoms with E-state index in [0.717, 1.165) is 12.1 Å². The Kier molecular flexibility index (Phi) is 6.53. The summed E-state index contributed by atoms with van der Waals surface area (Å²) in [6.07, 6.45) is -4.17. The fourth-order valence-electron chi connectivity index (χ4n) is 1.59. The van der Waals surface area contributed by atoms with Crippen molar-refractivity contribution in [1.82, 2.24) is 4.98 Å². The SMILES string of the molecule is CC.Nc1ccc(F)cc1NC(=O)c1cc(C(F)(F)F)cnc1Cl. The monoisotopic (exact) mass is 363 g/mol. The van der Waals surface area contributed by atoms with Gasteiger partial charge >= 0.3 is 6.18 Å². The lowest BCUT2D eigenvalue weighted by Gasteiger charge is -2.11. The Balaban J connectivity index is 0.00000139. The zero-order valence-corrected chi connectivity index (χ0v) is 13.5. The van der Waals surface area contributed by atoms with Crippen LogP contribution in [-0.4, -0.2) is 10.9 Å². The van der Waals surface area contributed by atoms with E-state index in [1.54, 1.807) is 0 Å². The maximum atomic E-state index is 13.1. The van der Waals surface area contributed by atoms with Crippen molar-refractivity contribution in [2.24, 2.45) is 0 Å². The lowest BCUT2D eigenvalue weighted by atomic mass is 10.1. The van der Waals surface area contributed by atoms with Crippen LogP contribution in [0.25, 0.3) is 0 Å². The van der Waals surface area contributed by atoms with Crippen molar-refractivity contribution < 1.29 is 22.4 Å². The number of alkyl halides is 3. The number of nitrogens with zero attached hydrogens (tertiary/aromatic N) is 1. The molecule has 0 aliphatic heterocycles. The van der Waals surface area contributed by atoms with Crippen LogP contribution in [0.1, 0.15) is 29.8 Å². The fraction of sp³-hybridized carbons (Fsp3) is 0.200. The molecule has 0 saturated heterocycles. The third-order valence-electron chi connectivity index (χ3n) is 2.67. The topological polar surface area (TPSA) is 68.0 Å². The Bertz CT molecular complexity index is 735. The van der Waals surface area contributed by atoms with Gasteiger partial charge in [0.1, 0.15) is 11.0 Å². The van der Waals surface area contributed by atoms with Crippen molar-refractivity contribution >= 4 is 28.9 Å². The molecule has 24 heavy (non-hydrogen) atoms. The van der Waals surface area contributed by atoms with Gasteiger partial charge in [0, 0.05) is 6.20 Å². The normalized spacial score (nSPS) is 10.6. The van der Waals surface area contributed by atoms with Crippen LogP contribution in [0.5, 0.6) is 0 Å². The molecule has 1 heterocycles. The summed E-state index contributed by atoms with van der Waals surface area (Å²) < 4.78 is 51.0. The maximum absolute atomic E-state index is 13.1. The Labute approximate surface area is 140 Å². The minimum Gasteiger partial charge on any atom is -0.397 e. The van der Waals surface area contributed by atoms with Gasteiger partial charge in [-0.15, -0.1) is 0 Å². The van der Waals surface area contributed by atoms with E-state index in [1.807, 2.05) is 13.8 Å². The van der Waals surface area contributed by atoms with Crippen molar-refractivity contribution in [2.75, 3.05) is 11.1 Å². The van der Waals surface area contributed by atoms with E-state index in [9.17, 15) is 22.4 Å². The number of nitrogens with two attached hydrogens (primary N) is 1. The van der Waals surface area contributed by atoms with Gasteiger partial charge in [0.15, 0.2) is 0 Å². The average Bonchev–Trinajstić information content (AvgIpc) is 2.52. The van der Waals surface area contributed by atoms with E-state index in [4.69, 9.17) is 17.3 Å². The molecule has 130 valence electrons. The molecular formula is C15H14ClF4N3O. The predicted molar refractivity (Wildman–Crippen MR) is 84.4 cm³/mol. The first-order valence-corrected chi connectivity index (χ1v) is 7.15. The van der Waals surface area contributed by atoms with Crippen molar-refractivity contribution in [3.63, 3.8) is 0 Å². The van der Waals surface area contributed by atoms with Gasteiger partial charge in [0.05, 0.1) is 22.5 Å². The molecule has 0 atom stereocenters. The number of anilines is 2. The van der Waals surface area contributed by atoms with Crippen LogP contribution in [0.3, 0.4) is 0 Å². The highest BCUT2D eigenvalue weighted by Gasteiger charge is 2.32. The number of benzene rings is 1. The highest BCUT2D eigenvalue weighted by molar-refractivity contribution is 6.33. The van der Waals surface area contributed by atoms with Crippen LogP contribution in [0.15, 0.2) is 30.5 Å². The number of rotatable bonds is 2. The number of carbonyl (C=O) groups excluding carboxylic acids is 1. The summed E-state index contributed by atoms with van der Waals surface area (Å²) in [5.74, 6) is -1.65. The third kappa shape index (κ3) is 4.82. The molecule has 1 amide bonds. The van der Waals surface area contributed by atoms with Gasteiger partial charge in [0.25, 0.3) is 5.91 Å². The maximum Gasteiger partial charge on any atom is 0.417 e. The van der Waals surface area contributed by atoms with Crippen LogP contribution in [0.2, 0.25) is 5.15 Å². The van der Waals surface area contributed by atoms with E-state index in [2.05, 4.69) is 10.3 Å². The van der Waals surface area contributed by atoms with E-state index in [1.165, 1.54) is 6.07 Å². The lowest BCUT2D eigenvalue weighted by molar-refractivity contribution is -0.137. The number of carbonyl (C=O) groups is 1. The minimum atomic E-state index is -4.68. The molecule has 9 heteroatoms. The summed E-state index contributed by atoms with van der Waals surface area (Å²) in [6.45, 7) is 4.00. The van der Waals surface area contributed by atoms with Crippen molar-refractivity contribution in [2.45, 2.75) is 20.0 Å². The van der Waals surface area contributed by atoms with E-state index in [-0.39, 0.29) is 11.4 Å². The minimum absolute atomic E-state index is 0.0470. The number of aromatic nitrogens is 1. The number of amides is 1. The molecular weight excluding hydrogens is 350 g/mol. The standard InChI is InChI=1S/C13H8ClF4N3O.C2H6/c14-11-8(3-6(5-20-11)13(16,17)18)12(22)21-10-4-7(15)1-2-9(10)19;1-2/h1-5H,19H2,(H,21,22);1-2H3. The zero-order chi connectivity index (χ0) is 18.5. The molecule has 3 N–H and O–H groups in total. The second-order valence-corrected chi connectivity index (χ2v) is 4.60. The first kappa shape index (κ1) is 19.7. The van der Waals surface area contributed by atoms with Crippen LogP contribution < -0.4 is 11.1 Å². The molecule has 1 aromatic carbocycles. The zero-order valence-electron chi connectivity index (χ0n) is 12.7. The molecule has 0 spiro atoms. The second-order valence-electron chi connectivity index (χ2n) is 4.25. The summed E-state index contributed by atoms with van der Waals surface area (Å²) in [4.78, 5) is 15.3. The quantitative estimate of drug-likeness (QED) is 0.459. The van der Waals surface area contributed by atoms with Gasteiger partial charge in [0.2, 0.25) is 0 Å². The summed E-state index contributed by atoms with van der Waals surface area (Å²) in [6, 6.07) is 3.77. The van der Waals surface area contributed by atoms with E-state index in [0.29, 0.717) is 12.3 Å². The lowest BCUT2D eigenvalue weighted by Crippen LogP contribution is -2.16. The molecule has 0 aliphatic carbocycles. The molecule has 2 aromatic rings. The average molecular weight is 364 g/mol. The van der Waals surface area contributed by atoms with Crippen molar-refractivity contribution in [3.05, 3.63) is 52.6 Å². The van der Waals surface area contributed by atoms with Crippen molar-refractivity contribution in [1.29, 1.82) is 0 Å². The first-order valence-electron chi connectivity index (χ1n) is 6.77. The Morgan fingerprint density at radius 1 is 1.25 bits per heavy atom. The molecule has 0 fully saturated rings. The van der Waals surface area contributed by atoms with Crippen LogP contribution in [-0.2, 0) is 6.18 Å². The molecule has 0 aliphatic rings. The van der Waals surface area contributed by atoms with Gasteiger partial charge in [-0.2, -0.15) is 13.2 Å². The number of nitrogens with one attached hydrogen (secondary N) is 1. The van der Waals surface area contributed by atoms with Gasteiger partial charge in [-0.25, -0.2) is 9.37 Å². The number of halogens is 5. The van der Waals surface area contributed by atoms with Crippen molar-refractivity contribution in [3.8, 4) is 0 Å². The van der Waals surface area contributed by atoms with Gasteiger partial charge in [-0.3, -0.25) is 4.79 Å². The van der Waals surface area contributed by atoms with E-state index >= 15 is 0 Å². The highest BCUT2D eigenvalue weighted by atomic mass is 35.5. The third-order valence-corrected chi connectivity index (χ3v) is 2.98. The molecule has 2 rings (SSSR count). The number of hydrogen-bond acceptors (Lipinski definition) is 3. The van der Waals surface area contributed by atoms with E-state index < -0.39 is 34.2 Å². The molecule has 0 radical (unpaired) electrons. The number of pyridine rings is 1. The Morgan fingerprint density at radius 3 is 2.46 bits per heavy atom.